The van der Waals surface area contributed by atoms with Gasteiger partial charge in [-0.2, -0.15) is 0 Å². The van der Waals surface area contributed by atoms with Gasteiger partial charge in [0, 0.05) is 10.2 Å². The molecule has 0 N–H and O–H groups in total. The fourth-order valence-electron chi connectivity index (χ4n) is 3.43. The van der Waals surface area contributed by atoms with Gasteiger partial charge in [-0.05, 0) is 24.0 Å². The summed E-state index contributed by atoms with van der Waals surface area (Å²) in [7, 11) is 0. The summed E-state index contributed by atoms with van der Waals surface area (Å²) >= 11 is 19.8. The third-order valence-electron chi connectivity index (χ3n) is 4.65. The second kappa shape index (κ2) is 6.86. The van der Waals surface area contributed by atoms with Gasteiger partial charge in [0.05, 0.1) is 0 Å². The fraction of sp³-hybridized carbons (Fsp3) is 0.333. The predicted octanol–water partition coefficient (Wildman–Crippen LogP) is 7.50. The van der Waals surface area contributed by atoms with Crippen LogP contribution in [0.5, 0.6) is 0 Å². The molecule has 1 atom stereocenters. The Labute approximate surface area is 179 Å². The Morgan fingerprint density at radius 1 is 0.739 bits per heavy atom. The van der Waals surface area contributed by atoms with Crippen molar-refractivity contribution >= 4 is 79.6 Å². The molecule has 0 spiro atoms. The van der Waals surface area contributed by atoms with Crippen molar-refractivity contribution in [3.05, 3.63) is 71.8 Å². The Hall–Kier alpha value is 0.840. The molecule has 23 heavy (non-hydrogen) atoms. The van der Waals surface area contributed by atoms with E-state index in [1.54, 1.807) is 0 Å². The smallest absolute Gasteiger partial charge is 0.0865 e. The molecular weight excluding hydrogens is 616 g/mol. The highest BCUT2D eigenvalue weighted by Crippen LogP contribution is 2.68. The lowest BCUT2D eigenvalue weighted by Crippen LogP contribution is -2.60. The molecular formula is C18H15Br5. The number of rotatable bonds is 2. The van der Waals surface area contributed by atoms with Gasteiger partial charge in [0.15, 0.2) is 0 Å². The average molecular weight is 631 g/mol. The van der Waals surface area contributed by atoms with Crippen molar-refractivity contribution < 1.29 is 0 Å². The lowest BCUT2D eigenvalue weighted by Gasteiger charge is -2.56. The van der Waals surface area contributed by atoms with Crippen LogP contribution < -0.4 is 0 Å². The SMILES string of the molecule is BrC1CCC(c2ccccc2)(c2ccccc2)C(Br)(Br)C1(Br)Br. The second-order valence-corrected chi connectivity index (χ2v) is 14.0. The summed E-state index contributed by atoms with van der Waals surface area (Å²) in [4.78, 5) is 0.286. The number of alkyl halides is 5. The van der Waals surface area contributed by atoms with Crippen LogP contribution in [0.25, 0.3) is 0 Å². The van der Waals surface area contributed by atoms with E-state index in [1.165, 1.54) is 11.1 Å². The van der Waals surface area contributed by atoms with Crippen molar-refractivity contribution in [1.29, 1.82) is 0 Å². The topological polar surface area (TPSA) is 0 Å². The maximum atomic E-state index is 4.04. The molecule has 0 aromatic heterocycles. The predicted molar refractivity (Wildman–Crippen MR) is 117 cm³/mol. The van der Waals surface area contributed by atoms with E-state index < -0.39 is 3.23 Å². The minimum absolute atomic E-state index is 0.215. The largest absolute Gasteiger partial charge is 0.120 e. The van der Waals surface area contributed by atoms with Crippen LogP contribution in [0.15, 0.2) is 60.7 Å². The molecule has 2 aromatic rings. The number of halogens is 5. The zero-order chi connectivity index (χ0) is 16.7. The van der Waals surface area contributed by atoms with Crippen LogP contribution in [0.3, 0.4) is 0 Å². The van der Waals surface area contributed by atoms with Gasteiger partial charge in [0.2, 0.25) is 0 Å². The number of benzene rings is 2. The van der Waals surface area contributed by atoms with E-state index in [9.17, 15) is 0 Å². The molecule has 0 heterocycles. The highest BCUT2D eigenvalue weighted by atomic mass is 79.9. The van der Waals surface area contributed by atoms with E-state index in [0.717, 1.165) is 12.8 Å². The molecule has 2 aromatic carbocycles. The number of hydrogen-bond acceptors (Lipinski definition) is 0. The normalized spacial score (nSPS) is 25.0. The second-order valence-electron chi connectivity index (χ2n) is 5.84. The first-order valence-corrected chi connectivity index (χ1v) is 11.4. The van der Waals surface area contributed by atoms with Crippen LogP contribution >= 0.6 is 79.6 Å². The van der Waals surface area contributed by atoms with E-state index in [2.05, 4.69) is 140 Å². The van der Waals surface area contributed by atoms with Gasteiger partial charge in [-0.1, -0.05) is 140 Å². The molecule has 1 saturated carbocycles. The highest BCUT2D eigenvalue weighted by Gasteiger charge is 2.65. The first kappa shape index (κ1) is 18.6. The van der Waals surface area contributed by atoms with Crippen LogP contribution in [0, 0.1) is 0 Å². The minimum atomic E-state index is -0.422. The molecule has 0 nitrogen and oxygen atoms in total. The van der Waals surface area contributed by atoms with Crippen molar-refractivity contribution in [1.82, 2.24) is 0 Å². The summed E-state index contributed by atoms with van der Waals surface area (Å²) in [6.45, 7) is 0. The first-order valence-electron chi connectivity index (χ1n) is 7.35. The van der Waals surface area contributed by atoms with E-state index in [-0.39, 0.29) is 13.5 Å². The molecule has 0 bridgehead atoms. The third-order valence-corrected chi connectivity index (χ3v) is 14.1. The van der Waals surface area contributed by atoms with Crippen LogP contribution in [-0.2, 0) is 5.41 Å². The molecule has 122 valence electrons. The maximum Gasteiger partial charge on any atom is 0.120 e. The van der Waals surface area contributed by atoms with Crippen molar-refractivity contribution in [2.24, 2.45) is 0 Å². The van der Waals surface area contributed by atoms with Gasteiger partial charge in [0.1, 0.15) is 6.47 Å². The van der Waals surface area contributed by atoms with Crippen molar-refractivity contribution in [3.63, 3.8) is 0 Å². The summed E-state index contributed by atoms with van der Waals surface area (Å²) in [5, 5.41) is 0. The van der Waals surface area contributed by atoms with Crippen molar-refractivity contribution in [3.8, 4) is 0 Å². The standard InChI is InChI=1S/C18H15Br5/c19-15-11-12-16(13-7-3-1-4-8-13,14-9-5-2-6-10-14)18(22,23)17(15,20)21/h1-10,15H,11-12H2. The Morgan fingerprint density at radius 3 is 1.61 bits per heavy atom. The van der Waals surface area contributed by atoms with Gasteiger partial charge in [-0.3, -0.25) is 0 Å². The van der Waals surface area contributed by atoms with E-state index in [1.807, 2.05) is 0 Å². The fourth-order valence-corrected chi connectivity index (χ4v) is 7.61. The zero-order valence-corrected chi connectivity index (χ0v) is 20.1. The molecule has 0 aliphatic heterocycles. The van der Waals surface area contributed by atoms with E-state index in [4.69, 9.17) is 0 Å². The average Bonchev–Trinajstić information content (AvgIpc) is 2.55. The van der Waals surface area contributed by atoms with Crippen molar-refractivity contribution in [2.75, 3.05) is 0 Å². The highest BCUT2D eigenvalue weighted by molar-refractivity contribution is 9.31. The van der Waals surface area contributed by atoms with Gasteiger partial charge in [-0.25, -0.2) is 0 Å². The van der Waals surface area contributed by atoms with Gasteiger partial charge >= 0.3 is 0 Å². The Kier molecular flexibility index (Phi) is 5.56. The summed E-state index contributed by atoms with van der Waals surface area (Å²) in [5.74, 6) is 0. The zero-order valence-electron chi connectivity index (χ0n) is 12.2. The summed E-state index contributed by atoms with van der Waals surface area (Å²) in [6, 6.07) is 21.4. The molecule has 0 radical (unpaired) electrons. The third kappa shape index (κ3) is 2.87. The van der Waals surface area contributed by atoms with Gasteiger partial charge in [0.25, 0.3) is 0 Å². The molecule has 3 rings (SSSR count). The lowest BCUT2D eigenvalue weighted by atomic mass is 9.65. The van der Waals surface area contributed by atoms with Crippen LogP contribution in [0.2, 0.25) is 0 Å². The van der Waals surface area contributed by atoms with Crippen LogP contribution in [0.4, 0.5) is 0 Å². The molecule has 1 aliphatic rings. The Morgan fingerprint density at radius 2 is 1.17 bits per heavy atom. The van der Waals surface area contributed by atoms with E-state index >= 15 is 0 Å². The van der Waals surface area contributed by atoms with E-state index in [0.29, 0.717) is 0 Å². The summed E-state index contributed by atoms with van der Waals surface area (Å²) < 4.78 is -0.772. The Bertz CT molecular complexity index is 627. The summed E-state index contributed by atoms with van der Waals surface area (Å²) in [5.41, 5.74) is 2.37. The first-order chi connectivity index (χ1) is 10.8. The molecule has 0 amide bonds. The molecule has 0 saturated heterocycles. The lowest BCUT2D eigenvalue weighted by molar-refractivity contribution is 0.354. The van der Waals surface area contributed by atoms with Crippen LogP contribution in [-0.4, -0.2) is 11.3 Å². The Balaban J connectivity index is 2.30. The van der Waals surface area contributed by atoms with Gasteiger partial charge < -0.3 is 0 Å². The monoisotopic (exact) mass is 626 g/mol. The molecule has 1 fully saturated rings. The molecule has 1 unspecified atom stereocenters. The number of hydrogen-bond donors (Lipinski definition) is 0. The molecule has 1 aliphatic carbocycles. The molecule has 5 heteroatoms. The summed E-state index contributed by atoms with van der Waals surface area (Å²) in [6.07, 6.45) is 2.06. The maximum absolute atomic E-state index is 4.04. The minimum Gasteiger partial charge on any atom is -0.0865 e. The van der Waals surface area contributed by atoms with Crippen molar-refractivity contribution in [2.45, 2.75) is 29.6 Å². The quantitative estimate of drug-likeness (QED) is 0.302. The van der Waals surface area contributed by atoms with Gasteiger partial charge in [-0.15, -0.1) is 0 Å². The van der Waals surface area contributed by atoms with Crippen LogP contribution in [0.1, 0.15) is 24.0 Å².